The lowest BCUT2D eigenvalue weighted by Crippen LogP contribution is -2.42. The van der Waals surface area contributed by atoms with Crippen LogP contribution in [0.1, 0.15) is 29.3 Å². The molecule has 0 aliphatic carbocycles. The maximum Gasteiger partial charge on any atom is 0.326 e. The third-order valence-corrected chi connectivity index (χ3v) is 6.22. The molecule has 0 radical (unpaired) electrons. The van der Waals surface area contributed by atoms with E-state index in [0.29, 0.717) is 4.31 Å². The zero-order valence-corrected chi connectivity index (χ0v) is 17.1. The topological polar surface area (TPSA) is 107 Å². The third kappa shape index (κ3) is 3.84. The summed E-state index contributed by atoms with van der Waals surface area (Å²) in [5, 5.41) is 0. The molecule has 9 heteroatoms. The summed E-state index contributed by atoms with van der Waals surface area (Å²) in [4.78, 5) is 37.3. The minimum Gasteiger partial charge on any atom is -0.468 e. The second kappa shape index (κ2) is 8.50. The summed E-state index contributed by atoms with van der Waals surface area (Å²) in [5.74, 6) is -2.46. The number of carbonyl (C=O) groups is 3. The Kier molecular flexibility index (Phi) is 6.02. The first-order chi connectivity index (χ1) is 14.3. The molecule has 3 rings (SSSR count). The molecule has 0 saturated heterocycles. The van der Waals surface area contributed by atoms with Crippen LogP contribution in [0.4, 0.5) is 0 Å². The molecule has 2 aromatic rings. The lowest BCUT2D eigenvalue weighted by Gasteiger charge is -2.32. The number of rotatable bonds is 6. The van der Waals surface area contributed by atoms with E-state index >= 15 is 0 Å². The smallest absolute Gasteiger partial charge is 0.326 e. The van der Waals surface area contributed by atoms with Crippen LogP contribution >= 0.6 is 0 Å². The van der Waals surface area contributed by atoms with Gasteiger partial charge in [-0.3, -0.25) is 14.4 Å². The number of nitrogens with zero attached hydrogens (tertiary/aromatic N) is 1. The number of ketones is 1. The van der Waals surface area contributed by atoms with Crippen molar-refractivity contribution in [2.75, 3.05) is 13.7 Å². The molecule has 0 amide bonds. The summed E-state index contributed by atoms with van der Waals surface area (Å²) in [5.41, 5.74) is -0.186. The van der Waals surface area contributed by atoms with E-state index in [9.17, 15) is 22.8 Å². The molecule has 1 aliphatic rings. The quantitative estimate of drug-likeness (QED) is 0.512. The minimum absolute atomic E-state index is 0.00221. The van der Waals surface area contributed by atoms with Crippen LogP contribution in [-0.4, -0.2) is 44.1 Å². The van der Waals surface area contributed by atoms with Gasteiger partial charge in [0.2, 0.25) is 5.78 Å². The fourth-order valence-electron chi connectivity index (χ4n) is 2.94. The van der Waals surface area contributed by atoms with Crippen molar-refractivity contribution in [2.45, 2.75) is 18.2 Å². The molecular weight excluding hydrogens is 410 g/mol. The molecule has 0 aromatic heterocycles. The van der Waals surface area contributed by atoms with Crippen molar-refractivity contribution in [3.8, 4) is 0 Å². The number of Topliss-reactive ketones (excluding diaryl/α,β-unsaturated/α-hetero) is 1. The predicted molar refractivity (Wildman–Crippen MR) is 106 cm³/mol. The van der Waals surface area contributed by atoms with Crippen LogP contribution < -0.4 is 0 Å². The van der Waals surface area contributed by atoms with Gasteiger partial charge in [0.05, 0.1) is 12.0 Å². The van der Waals surface area contributed by atoms with Crippen LogP contribution in [0.25, 0.3) is 5.76 Å². The summed E-state index contributed by atoms with van der Waals surface area (Å²) >= 11 is 0. The average Bonchev–Trinajstić information content (AvgIpc) is 2.77. The largest absolute Gasteiger partial charge is 0.468 e. The molecule has 0 fully saturated rings. The van der Waals surface area contributed by atoms with Crippen molar-refractivity contribution in [2.24, 2.45) is 0 Å². The Balaban J connectivity index is 2.34. The van der Waals surface area contributed by atoms with Crippen LogP contribution in [0, 0.1) is 0 Å². The van der Waals surface area contributed by atoms with Gasteiger partial charge < -0.3 is 9.47 Å². The number of benzene rings is 2. The van der Waals surface area contributed by atoms with E-state index in [2.05, 4.69) is 4.74 Å². The van der Waals surface area contributed by atoms with Crippen molar-refractivity contribution in [1.82, 2.24) is 4.31 Å². The van der Waals surface area contributed by atoms with Gasteiger partial charge in [-0.05, 0) is 12.1 Å². The second-order valence-electron chi connectivity index (χ2n) is 6.28. The monoisotopic (exact) mass is 429 g/mol. The van der Waals surface area contributed by atoms with E-state index < -0.39 is 40.0 Å². The standard InChI is InChI=1S/C21H19NO7S/c1-3-17(23)29-21-15-11-7-8-12-16(15)30(26,27)22(13-18(24)28-2)19(21)20(25)14-9-5-4-6-10-14/h4-12H,3,13H2,1-2H3. The molecular formula is C21H19NO7S. The number of esters is 2. The maximum absolute atomic E-state index is 13.4. The van der Waals surface area contributed by atoms with E-state index in [1.165, 1.54) is 30.3 Å². The fraction of sp³-hybridized carbons (Fsp3) is 0.190. The van der Waals surface area contributed by atoms with E-state index in [1.54, 1.807) is 31.2 Å². The van der Waals surface area contributed by atoms with Crippen molar-refractivity contribution in [3.63, 3.8) is 0 Å². The molecule has 0 spiro atoms. The highest BCUT2D eigenvalue weighted by Gasteiger charge is 2.42. The molecule has 0 atom stereocenters. The van der Waals surface area contributed by atoms with Crippen molar-refractivity contribution in [3.05, 3.63) is 71.4 Å². The van der Waals surface area contributed by atoms with Crippen LogP contribution in [0.3, 0.4) is 0 Å². The zero-order chi connectivity index (χ0) is 21.9. The molecule has 30 heavy (non-hydrogen) atoms. The number of hydrogen-bond acceptors (Lipinski definition) is 7. The Morgan fingerprint density at radius 1 is 0.933 bits per heavy atom. The third-order valence-electron chi connectivity index (χ3n) is 4.42. The van der Waals surface area contributed by atoms with Gasteiger partial charge in [-0.1, -0.05) is 49.4 Å². The Labute approximate surface area is 173 Å². The number of allylic oxidation sites excluding steroid dienone is 1. The Bertz CT molecular complexity index is 1140. The number of ether oxygens (including phenoxy) is 2. The second-order valence-corrected chi connectivity index (χ2v) is 8.12. The number of carbonyl (C=O) groups excluding carboxylic acids is 3. The molecule has 0 saturated carbocycles. The lowest BCUT2D eigenvalue weighted by molar-refractivity contribution is -0.140. The van der Waals surface area contributed by atoms with Gasteiger partial charge in [-0.25, -0.2) is 12.7 Å². The SMILES string of the molecule is CCC(=O)OC1=C(C(=O)c2ccccc2)N(CC(=O)OC)S(=O)(=O)c2ccccc21. The van der Waals surface area contributed by atoms with Gasteiger partial charge in [0.15, 0.2) is 5.76 Å². The van der Waals surface area contributed by atoms with Gasteiger partial charge in [-0.2, -0.15) is 0 Å². The highest BCUT2D eigenvalue weighted by atomic mass is 32.2. The Morgan fingerprint density at radius 3 is 2.20 bits per heavy atom. The fourth-order valence-corrected chi connectivity index (χ4v) is 4.54. The summed E-state index contributed by atoms with van der Waals surface area (Å²) in [7, 11) is -3.20. The van der Waals surface area contributed by atoms with Gasteiger partial charge in [0.1, 0.15) is 12.2 Å². The molecule has 1 heterocycles. The molecule has 0 bridgehead atoms. The summed E-state index contributed by atoms with van der Waals surface area (Å²) in [6.07, 6.45) is 0.00221. The number of fused-ring (bicyclic) bond motifs is 1. The molecule has 2 aromatic carbocycles. The lowest BCUT2D eigenvalue weighted by atomic mass is 10.0. The zero-order valence-electron chi connectivity index (χ0n) is 16.3. The van der Waals surface area contributed by atoms with Crippen molar-refractivity contribution >= 4 is 33.5 Å². The predicted octanol–water partition coefficient (Wildman–Crippen LogP) is 2.37. The molecule has 1 aliphatic heterocycles. The molecule has 8 nitrogen and oxygen atoms in total. The number of hydrogen-bond donors (Lipinski definition) is 0. The van der Waals surface area contributed by atoms with Gasteiger partial charge in [0, 0.05) is 17.5 Å². The van der Waals surface area contributed by atoms with Crippen molar-refractivity contribution < 1.29 is 32.3 Å². The first kappa shape index (κ1) is 21.3. The molecule has 0 unspecified atom stereocenters. The van der Waals surface area contributed by atoms with Gasteiger partial charge >= 0.3 is 11.9 Å². The van der Waals surface area contributed by atoms with Gasteiger partial charge in [0.25, 0.3) is 10.0 Å². The van der Waals surface area contributed by atoms with Gasteiger partial charge in [-0.15, -0.1) is 0 Å². The average molecular weight is 429 g/mol. The molecule has 156 valence electrons. The minimum atomic E-state index is -4.30. The summed E-state index contributed by atoms with van der Waals surface area (Å²) in [6, 6.07) is 13.7. The molecule has 0 N–H and O–H groups in total. The summed E-state index contributed by atoms with van der Waals surface area (Å²) in [6.45, 7) is 0.813. The maximum atomic E-state index is 13.4. The van der Waals surface area contributed by atoms with Crippen LogP contribution in [-0.2, 0) is 29.1 Å². The highest BCUT2D eigenvalue weighted by Crippen LogP contribution is 2.38. The van der Waals surface area contributed by atoms with Crippen molar-refractivity contribution in [1.29, 1.82) is 0 Å². The van der Waals surface area contributed by atoms with Crippen LogP contribution in [0.15, 0.2) is 65.2 Å². The number of sulfonamides is 1. The van der Waals surface area contributed by atoms with E-state index in [4.69, 9.17) is 4.74 Å². The van der Waals surface area contributed by atoms with E-state index in [1.807, 2.05) is 0 Å². The number of methoxy groups -OCH3 is 1. The first-order valence-electron chi connectivity index (χ1n) is 9.05. The van der Waals surface area contributed by atoms with Crippen LogP contribution in [0.5, 0.6) is 0 Å². The Morgan fingerprint density at radius 2 is 1.57 bits per heavy atom. The van der Waals surface area contributed by atoms with E-state index in [-0.39, 0.29) is 28.2 Å². The summed E-state index contributed by atoms with van der Waals surface area (Å²) < 4.78 is 37.3. The highest BCUT2D eigenvalue weighted by molar-refractivity contribution is 7.89. The van der Waals surface area contributed by atoms with E-state index in [0.717, 1.165) is 7.11 Å². The van der Waals surface area contributed by atoms with Crippen LogP contribution in [0.2, 0.25) is 0 Å². The normalized spacial score (nSPS) is 14.7. The Hall–Kier alpha value is -3.46. The first-order valence-corrected chi connectivity index (χ1v) is 10.5.